The number of carbonyl (C=O) groups excluding carboxylic acids is 1. The SMILES string of the molecule is CC(C=O)(Cc1ccco1)N1CCCC1. The number of carbonyl (C=O) groups is 1. The third-order valence-corrected chi connectivity index (χ3v) is 3.19. The van der Waals surface area contributed by atoms with Gasteiger partial charge in [-0.05, 0) is 45.0 Å². The van der Waals surface area contributed by atoms with E-state index in [0.29, 0.717) is 6.42 Å². The lowest BCUT2D eigenvalue weighted by Gasteiger charge is -2.33. The van der Waals surface area contributed by atoms with Crippen LogP contribution in [0.1, 0.15) is 25.5 Å². The zero-order valence-corrected chi connectivity index (χ0v) is 9.11. The van der Waals surface area contributed by atoms with Gasteiger partial charge >= 0.3 is 0 Å². The van der Waals surface area contributed by atoms with Crippen molar-refractivity contribution in [3.63, 3.8) is 0 Å². The molecule has 1 aromatic rings. The summed E-state index contributed by atoms with van der Waals surface area (Å²) in [5, 5.41) is 0. The molecule has 0 aliphatic carbocycles. The molecule has 2 rings (SSSR count). The number of rotatable bonds is 4. The molecule has 0 radical (unpaired) electrons. The molecule has 0 amide bonds. The predicted molar refractivity (Wildman–Crippen MR) is 57.7 cm³/mol. The Morgan fingerprint density at radius 2 is 2.27 bits per heavy atom. The quantitative estimate of drug-likeness (QED) is 0.707. The Kier molecular flexibility index (Phi) is 2.91. The average molecular weight is 207 g/mol. The Labute approximate surface area is 90.1 Å². The van der Waals surface area contributed by atoms with Crippen LogP contribution in [0.5, 0.6) is 0 Å². The molecule has 0 bridgehead atoms. The monoisotopic (exact) mass is 207 g/mol. The van der Waals surface area contributed by atoms with Gasteiger partial charge in [-0.3, -0.25) is 4.90 Å². The summed E-state index contributed by atoms with van der Waals surface area (Å²) in [7, 11) is 0. The van der Waals surface area contributed by atoms with Gasteiger partial charge in [0.2, 0.25) is 0 Å². The van der Waals surface area contributed by atoms with E-state index in [2.05, 4.69) is 4.90 Å². The van der Waals surface area contributed by atoms with Gasteiger partial charge in [-0.2, -0.15) is 0 Å². The van der Waals surface area contributed by atoms with Crippen molar-refractivity contribution in [3.05, 3.63) is 24.2 Å². The Morgan fingerprint density at radius 3 is 2.80 bits per heavy atom. The largest absolute Gasteiger partial charge is 0.469 e. The molecule has 0 saturated carbocycles. The third kappa shape index (κ3) is 2.12. The minimum Gasteiger partial charge on any atom is -0.469 e. The standard InChI is InChI=1S/C12H17NO2/c1-12(10-14,13-6-2-3-7-13)9-11-5-4-8-15-11/h4-5,8,10H,2-3,6-7,9H2,1H3. The lowest BCUT2D eigenvalue weighted by Crippen LogP contribution is -2.47. The smallest absolute Gasteiger partial charge is 0.140 e. The molecule has 3 heteroatoms. The van der Waals surface area contributed by atoms with Gasteiger partial charge in [0.05, 0.1) is 11.8 Å². The van der Waals surface area contributed by atoms with E-state index >= 15 is 0 Å². The fraction of sp³-hybridized carbons (Fsp3) is 0.583. The van der Waals surface area contributed by atoms with Gasteiger partial charge in [-0.25, -0.2) is 0 Å². The zero-order valence-electron chi connectivity index (χ0n) is 9.11. The first-order valence-corrected chi connectivity index (χ1v) is 5.48. The first-order valence-electron chi connectivity index (χ1n) is 5.48. The minimum atomic E-state index is -0.394. The number of nitrogens with zero attached hydrogens (tertiary/aromatic N) is 1. The van der Waals surface area contributed by atoms with E-state index in [9.17, 15) is 4.79 Å². The molecule has 1 saturated heterocycles. The van der Waals surface area contributed by atoms with Gasteiger partial charge in [-0.1, -0.05) is 0 Å². The summed E-state index contributed by atoms with van der Waals surface area (Å²) in [6.07, 6.45) is 5.78. The van der Waals surface area contributed by atoms with Crippen molar-refractivity contribution in [2.24, 2.45) is 0 Å². The Hall–Kier alpha value is -1.09. The van der Waals surface area contributed by atoms with Crippen LogP contribution in [0.15, 0.2) is 22.8 Å². The van der Waals surface area contributed by atoms with Crippen LogP contribution in [0.3, 0.4) is 0 Å². The maximum absolute atomic E-state index is 11.3. The van der Waals surface area contributed by atoms with Gasteiger partial charge in [-0.15, -0.1) is 0 Å². The van der Waals surface area contributed by atoms with Crippen LogP contribution in [0.4, 0.5) is 0 Å². The summed E-state index contributed by atoms with van der Waals surface area (Å²) in [5.41, 5.74) is -0.394. The first kappa shape index (κ1) is 10.4. The van der Waals surface area contributed by atoms with E-state index in [4.69, 9.17) is 4.42 Å². The van der Waals surface area contributed by atoms with E-state index < -0.39 is 5.54 Å². The summed E-state index contributed by atoms with van der Waals surface area (Å²) < 4.78 is 5.31. The maximum atomic E-state index is 11.3. The second-order valence-electron chi connectivity index (χ2n) is 4.43. The minimum absolute atomic E-state index is 0.394. The number of hydrogen-bond acceptors (Lipinski definition) is 3. The van der Waals surface area contributed by atoms with E-state index in [1.165, 1.54) is 12.8 Å². The summed E-state index contributed by atoms with van der Waals surface area (Å²) >= 11 is 0. The van der Waals surface area contributed by atoms with E-state index in [1.54, 1.807) is 6.26 Å². The van der Waals surface area contributed by atoms with Gasteiger partial charge in [0.25, 0.3) is 0 Å². The van der Waals surface area contributed by atoms with Crippen molar-refractivity contribution in [1.29, 1.82) is 0 Å². The van der Waals surface area contributed by atoms with Crippen molar-refractivity contribution in [1.82, 2.24) is 4.90 Å². The van der Waals surface area contributed by atoms with Crippen LogP contribution in [0.25, 0.3) is 0 Å². The van der Waals surface area contributed by atoms with Crippen molar-refractivity contribution in [3.8, 4) is 0 Å². The molecule has 1 fully saturated rings. The highest BCUT2D eigenvalue weighted by atomic mass is 16.3. The molecule has 0 spiro atoms. The molecule has 82 valence electrons. The molecule has 3 nitrogen and oxygen atoms in total. The number of aldehydes is 1. The Morgan fingerprint density at radius 1 is 1.53 bits per heavy atom. The molecule has 0 aromatic carbocycles. The van der Waals surface area contributed by atoms with Crippen LogP contribution in [0.2, 0.25) is 0 Å². The van der Waals surface area contributed by atoms with Gasteiger partial charge < -0.3 is 9.21 Å². The highest BCUT2D eigenvalue weighted by Crippen LogP contribution is 2.23. The fourth-order valence-corrected chi connectivity index (χ4v) is 2.22. The summed E-state index contributed by atoms with van der Waals surface area (Å²) in [4.78, 5) is 13.5. The van der Waals surface area contributed by atoms with Crippen LogP contribution in [-0.2, 0) is 11.2 Å². The summed E-state index contributed by atoms with van der Waals surface area (Å²) in [6.45, 7) is 4.04. The van der Waals surface area contributed by atoms with E-state index in [0.717, 1.165) is 25.1 Å². The molecule has 1 unspecified atom stereocenters. The highest BCUT2D eigenvalue weighted by Gasteiger charge is 2.34. The number of likely N-dealkylation sites (tertiary alicyclic amines) is 1. The first-order chi connectivity index (χ1) is 7.24. The van der Waals surface area contributed by atoms with Crippen molar-refractivity contribution >= 4 is 6.29 Å². The van der Waals surface area contributed by atoms with Gasteiger partial charge in [0, 0.05) is 6.42 Å². The molecule has 1 aliphatic heterocycles. The number of furan rings is 1. The molecule has 0 N–H and O–H groups in total. The Balaban J connectivity index is 2.10. The molecule has 2 heterocycles. The third-order valence-electron chi connectivity index (χ3n) is 3.19. The van der Waals surface area contributed by atoms with E-state index in [-0.39, 0.29) is 0 Å². The van der Waals surface area contributed by atoms with Gasteiger partial charge in [0.15, 0.2) is 0 Å². The molecule has 15 heavy (non-hydrogen) atoms. The van der Waals surface area contributed by atoms with Crippen LogP contribution < -0.4 is 0 Å². The topological polar surface area (TPSA) is 33.5 Å². The second-order valence-corrected chi connectivity index (χ2v) is 4.43. The normalized spacial score (nSPS) is 21.4. The van der Waals surface area contributed by atoms with Crippen LogP contribution in [0, 0.1) is 0 Å². The molecular formula is C12H17NO2. The van der Waals surface area contributed by atoms with Crippen LogP contribution >= 0.6 is 0 Å². The predicted octanol–water partition coefficient (Wildman–Crippen LogP) is 1.88. The fourth-order valence-electron chi connectivity index (χ4n) is 2.22. The molecule has 1 aliphatic rings. The summed E-state index contributed by atoms with van der Waals surface area (Å²) in [6, 6.07) is 3.79. The van der Waals surface area contributed by atoms with Crippen molar-refractivity contribution in [2.75, 3.05) is 13.1 Å². The second kappa shape index (κ2) is 4.19. The lowest BCUT2D eigenvalue weighted by molar-refractivity contribution is -0.117. The lowest BCUT2D eigenvalue weighted by atomic mass is 9.96. The average Bonchev–Trinajstić information content (AvgIpc) is 2.89. The van der Waals surface area contributed by atoms with Gasteiger partial charge in [0.1, 0.15) is 12.0 Å². The molecule has 1 atom stereocenters. The summed E-state index contributed by atoms with van der Waals surface area (Å²) in [5.74, 6) is 0.886. The van der Waals surface area contributed by atoms with E-state index in [1.807, 2.05) is 19.1 Å². The van der Waals surface area contributed by atoms with Crippen molar-refractivity contribution < 1.29 is 9.21 Å². The number of hydrogen-bond donors (Lipinski definition) is 0. The highest BCUT2D eigenvalue weighted by molar-refractivity contribution is 5.64. The molecular weight excluding hydrogens is 190 g/mol. The zero-order chi connectivity index (χ0) is 10.7. The van der Waals surface area contributed by atoms with Crippen LogP contribution in [-0.4, -0.2) is 29.8 Å². The maximum Gasteiger partial charge on any atom is 0.140 e. The van der Waals surface area contributed by atoms with Crippen molar-refractivity contribution in [2.45, 2.75) is 31.7 Å². The molecule has 1 aromatic heterocycles. The Bertz CT molecular complexity index is 314.